The molecule has 0 aliphatic carbocycles. The van der Waals surface area contributed by atoms with Crippen molar-refractivity contribution in [2.24, 2.45) is 7.05 Å². The third kappa shape index (κ3) is 4.79. The zero-order chi connectivity index (χ0) is 28.1. The van der Waals surface area contributed by atoms with Gasteiger partial charge in [0.15, 0.2) is 17.4 Å². The summed E-state index contributed by atoms with van der Waals surface area (Å²) in [5.74, 6) is -4.84. The lowest BCUT2D eigenvalue weighted by molar-refractivity contribution is -0.140. The van der Waals surface area contributed by atoms with Gasteiger partial charge in [-0.3, -0.25) is 4.68 Å². The molecule has 5 rings (SSSR count). The molecular formula is C26H23F5N6O2. The van der Waals surface area contributed by atoms with E-state index in [0.717, 1.165) is 0 Å². The van der Waals surface area contributed by atoms with Crippen LogP contribution >= 0.6 is 0 Å². The summed E-state index contributed by atoms with van der Waals surface area (Å²) < 4.78 is 70.0. The van der Waals surface area contributed by atoms with Crippen LogP contribution in [0.25, 0.3) is 22.2 Å². The molecule has 2 aromatic carbocycles. The maximum absolute atomic E-state index is 14.7. The average Bonchev–Trinajstić information content (AvgIpc) is 3.22. The molecule has 3 heterocycles. The number of hydrogen-bond donors (Lipinski definition) is 2. The second-order valence-electron chi connectivity index (χ2n) is 9.26. The lowest BCUT2D eigenvalue weighted by Gasteiger charge is -2.40. The Labute approximate surface area is 219 Å². The van der Waals surface area contributed by atoms with Crippen molar-refractivity contribution in [3.63, 3.8) is 0 Å². The van der Waals surface area contributed by atoms with E-state index < -0.39 is 34.7 Å². The first-order valence-electron chi connectivity index (χ1n) is 11.9. The molecule has 1 atom stereocenters. The van der Waals surface area contributed by atoms with Gasteiger partial charge in [-0.05, 0) is 25.1 Å². The van der Waals surface area contributed by atoms with E-state index in [2.05, 4.69) is 15.4 Å². The van der Waals surface area contributed by atoms with Gasteiger partial charge in [-0.25, -0.2) is 18.6 Å². The molecule has 8 nitrogen and oxygen atoms in total. The molecule has 1 saturated heterocycles. The molecule has 0 saturated carbocycles. The Balaban J connectivity index is 1.42. The first-order valence-corrected chi connectivity index (χ1v) is 11.9. The maximum atomic E-state index is 14.7. The van der Waals surface area contributed by atoms with Crippen LogP contribution in [0.15, 0.2) is 48.7 Å². The molecule has 1 aliphatic heterocycles. The number of alkyl halides is 3. The number of aromatic nitrogens is 3. The van der Waals surface area contributed by atoms with Gasteiger partial charge in [-0.15, -0.1) is 0 Å². The molecule has 1 aliphatic rings. The van der Waals surface area contributed by atoms with Crippen LogP contribution in [0.4, 0.5) is 38.3 Å². The van der Waals surface area contributed by atoms with Gasteiger partial charge in [0.05, 0.1) is 11.1 Å². The Kier molecular flexibility index (Phi) is 6.52. The number of hydrogen-bond acceptors (Lipinski definition) is 5. The molecule has 0 unspecified atom stereocenters. The van der Waals surface area contributed by atoms with Crippen LogP contribution < -0.4 is 10.2 Å². The van der Waals surface area contributed by atoms with Crippen LogP contribution in [0.5, 0.6) is 5.75 Å². The van der Waals surface area contributed by atoms with E-state index in [1.165, 1.54) is 17.9 Å². The predicted octanol–water partition coefficient (Wildman–Crippen LogP) is 5.38. The van der Waals surface area contributed by atoms with Crippen LogP contribution in [0, 0.1) is 11.6 Å². The number of pyridine rings is 1. The average molecular weight is 546 g/mol. The smallest absolute Gasteiger partial charge is 0.419 e. The van der Waals surface area contributed by atoms with Crippen LogP contribution in [0.2, 0.25) is 0 Å². The van der Waals surface area contributed by atoms with Crippen molar-refractivity contribution in [2.75, 3.05) is 29.9 Å². The highest BCUT2D eigenvalue weighted by molar-refractivity contribution is 5.94. The van der Waals surface area contributed by atoms with E-state index in [1.807, 2.05) is 30.0 Å². The van der Waals surface area contributed by atoms with Gasteiger partial charge < -0.3 is 20.2 Å². The van der Waals surface area contributed by atoms with Gasteiger partial charge in [0, 0.05) is 61.6 Å². The third-order valence-corrected chi connectivity index (χ3v) is 6.69. The fraction of sp³-hybridized carbons (Fsp3) is 0.269. The first-order chi connectivity index (χ1) is 18.5. The molecule has 39 heavy (non-hydrogen) atoms. The summed E-state index contributed by atoms with van der Waals surface area (Å²) in [7, 11) is 1.52. The van der Waals surface area contributed by atoms with Crippen molar-refractivity contribution < 1.29 is 31.9 Å². The van der Waals surface area contributed by atoms with Crippen LogP contribution in [0.3, 0.4) is 0 Å². The number of halogens is 5. The van der Waals surface area contributed by atoms with Crippen LogP contribution in [-0.2, 0) is 13.2 Å². The summed E-state index contributed by atoms with van der Waals surface area (Å²) in [5.41, 5.74) is -1.61. The second-order valence-corrected chi connectivity index (χ2v) is 9.26. The molecule has 13 heteroatoms. The van der Waals surface area contributed by atoms with Gasteiger partial charge >= 0.3 is 12.2 Å². The van der Waals surface area contributed by atoms with Crippen molar-refractivity contribution in [3.05, 3.63) is 65.9 Å². The second kappa shape index (κ2) is 9.71. The van der Waals surface area contributed by atoms with Gasteiger partial charge in [-0.2, -0.15) is 18.3 Å². The molecule has 2 amide bonds. The number of nitrogens with one attached hydrogen (secondary N) is 1. The lowest BCUT2D eigenvalue weighted by atomic mass is 10.0. The van der Waals surface area contributed by atoms with E-state index >= 15 is 0 Å². The number of aromatic hydroxyl groups is 1. The number of urea groups is 1. The molecule has 2 aromatic heterocycles. The summed E-state index contributed by atoms with van der Waals surface area (Å²) in [6, 6.07) is 10.7. The van der Waals surface area contributed by atoms with Crippen molar-refractivity contribution in [3.8, 4) is 17.0 Å². The number of nitrogens with zero attached hydrogens (tertiary/aromatic N) is 5. The first kappa shape index (κ1) is 26.2. The van der Waals surface area contributed by atoms with Gasteiger partial charge in [0.25, 0.3) is 0 Å². The van der Waals surface area contributed by atoms with E-state index in [-0.39, 0.29) is 23.2 Å². The number of para-hydroxylation sites is 1. The standard InChI is InChI=1S/C26H23F5N6O2/c1-14-13-36(25(39)33-15-6-4-3-5-7-15)8-9-37(14)20-11-19-17(12-32-20)23(34-35(19)2)16-10-18(26(29,30)31)22(28)24(38)21(16)27/h3-7,10-12,14,38H,8-9,13H2,1-2H3,(H,33,39)/t14-/m1/s1. The Morgan fingerprint density at radius 2 is 1.82 bits per heavy atom. The molecule has 0 spiro atoms. The Hall–Kier alpha value is -4.42. The Bertz CT molecular complexity index is 1560. The van der Waals surface area contributed by atoms with E-state index in [4.69, 9.17) is 0 Å². The fourth-order valence-electron chi connectivity index (χ4n) is 4.71. The Morgan fingerprint density at radius 1 is 1.10 bits per heavy atom. The zero-order valence-electron chi connectivity index (χ0n) is 20.8. The fourth-order valence-corrected chi connectivity index (χ4v) is 4.71. The number of piperazine rings is 1. The molecular weight excluding hydrogens is 523 g/mol. The van der Waals surface area contributed by atoms with Crippen molar-refractivity contribution >= 4 is 28.4 Å². The molecule has 2 N–H and O–H groups in total. The number of anilines is 2. The number of phenols is 1. The monoisotopic (exact) mass is 546 g/mol. The predicted molar refractivity (Wildman–Crippen MR) is 134 cm³/mol. The lowest BCUT2D eigenvalue weighted by Crippen LogP contribution is -2.55. The van der Waals surface area contributed by atoms with Crippen molar-refractivity contribution in [1.29, 1.82) is 0 Å². The highest BCUT2D eigenvalue weighted by Crippen LogP contribution is 2.41. The van der Waals surface area contributed by atoms with Gasteiger partial charge in [0.1, 0.15) is 11.5 Å². The van der Waals surface area contributed by atoms with Gasteiger partial charge in [0.2, 0.25) is 0 Å². The number of amides is 2. The summed E-state index contributed by atoms with van der Waals surface area (Å²) in [6.07, 6.45) is -3.81. The van der Waals surface area contributed by atoms with E-state index in [0.29, 0.717) is 42.7 Å². The molecule has 4 aromatic rings. The number of phenolic OH excluding ortho intramolecular Hbond substituents is 1. The highest BCUT2D eigenvalue weighted by atomic mass is 19.4. The quantitative estimate of drug-likeness (QED) is 0.337. The third-order valence-electron chi connectivity index (χ3n) is 6.69. The maximum Gasteiger partial charge on any atom is 0.419 e. The molecule has 0 bridgehead atoms. The number of aryl methyl sites for hydroxylation is 1. The summed E-state index contributed by atoms with van der Waals surface area (Å²) >= 11 is 0. The SMILES string of the molecule is C[C@@H]1CN(C(=O)Nc2ccccc2)CCN1c1cc2c(cn1)c(-c1cc(C(F)(F)F)c(F)c(O)c1F)nn2C. The zero-order valence-corrected chi connectivity index (χ0v) is 20.8. The van der Waals surface area contributed by atoms with E-state index in [1.54, 1.807) is 23.1 Å². The minimum atomic E-state index is -5.16. The van der Waals surface area contributed by atoms with Crippen molar-refractivity contribution in [1.82, 2.24) is 19.7 Å². The number of carbonyl (C=O) groups excluding carboxylic acids is 1. The Morgan fingerprint density at radius 3 is 2.49 bits per heavy atom. The largest absolute Gasteiger partial charge is 0.503 e. The number of benzene rings is 2. The minimum absolute atomic E-state index is 0.126. The normalized spacial score (nSPS) is 16.1. The topological polar surface area (TPSA) is 86.5 Å². The molecule has 204 valence electrons. The number of fused-ring (bicyclic) bond motifs is 1. The van der Waals surface area contributed by atoms with E-state index in [9.17, 15) is 31.9 Å². The molecule has 0 radical (unpaired) electrons. The summed E-state index contributed by atoms with van der Waals surface area (Å²) in [4.78, 5) is 20.8. The minimum Gasteiger partial charge on any atom is -0.503 e. The van der Waals surface area contributed by atoms with Gasteiger partial charge in [-0.1, -0.05) is 18.2 Å². The number of rotatable bonds is 3. The van der Waals surface area contributed by atoms with Crippen LogP contribution in [0.1, 0.15) is 12.5 Å². The highest BCUT2D eigenvalue weighted by Gasteiger charge is 2.38. The van der Waals surface area contributed by atoms with Crippen LogP contribution in [-0.4, -0.2) is 56.5 Å². The summed E-state index contributed by atoms with van der Waals surface area (Å²) in [5, 5.41) is 16.9. The summed E-state index contributed by atoms with van der Waals surface area (Å²) in [6.45, 7) is 3.22. The molecule has 1 fully saturated rings. The number of carbonyl (C=O) groups is 1. The van der Waals surface area contributed by atoms with Crippen molar-refractivity contribution in [2.45, 2.75) is 19.1 Å².